The number of hydrogen-bond donors (Lipinski definition) is 0. The summed E-state index contributed by atoms with van der Waals surface area (Å²) in [5, 5.41) is 0.588. The molecule has 4 rings (SSSR count). The molecule has 2 aliphatic heterocycles. The van der Waals surface area contributed by atoms with Crippen LogP contribution in [0.15, 0.2) is 53.6 Å². The van der Waals surface area contributed by atoms with Gasteiger partial charge >= 0.3 is 0 Å². The Morgan fingerprint density at radius 2 is 1.70 bits per heavy atom. The van der Waals surface area contributed by atoms with E-state index in [0.717, 1.165) is 18.7 Å². The van der Waals surface area contributed by atoms with Crippen LogP contribution in [0.25, 0.3) is 0 Å². The summed E-state index contributed by atoms with van der Waals surface area (Å²) in [6.07, 6.45) is 3.80. The third-order valence-corrected chi connectivity index (χ3v) is 7.86. The molecule has 160 valence electrons. The number of carbonyl (C=O) groups is 1. The lowest BCUT2D eigenvalue weighted by atomic mass is 10.0. The van der Waals surface area contributed by atoms with E-state index >= 15 is 0 Å². The Labute approximate surface area is 182 Å². The van der Waals surface area contributed by atoms with Crippen molar-refractivity contribution in [3.63, 3.8) is 0 Å². The molecule has 30 heavy (non-hydrogen) atoms. The number of piperazine rings is 1. The van der Waals surface area contributed by atoms with E-state index in [1.54, 1.807) is 47.5 Å². The van der Waals surface area contributed by atoms with Gasteiger partial charge in [0.2, 0.25) is 15.9 Å². The van der Waals surface area contributed by atoms with Crippen molar-refractivity contribution in [1.29, 1.82) is 0 Å². The minimum atomic E-state index is -3.70. The highest BCUT2D eigenvalue weighted by atomic mass is 35.5. The molecule has 0 spiro atoms. The highest BCUT2D eigenvalue weighted by Crippen LogP contribution is 2.27. The number of aromatic nitrogens is 1. The SMILES string of the molecule is O=C(C1CCCCN1S(=O)(=O)c1ccccc1)N1CCN(c2ccc(Cl)cn2)CC1. The first-order chi connectivity index (χ1) is 14.5. The number of halogens is 1. The van der Waals surface area contributed by atoms with Gasteiger partial charge in [-0.3, -0.25) is 4.79 Å². The van der Waals surface area contributed by atoms with Gasteiger partial charge in [-0.1, -0.05) is 36.2 Å². The van der Waals surface area contributed by atoms with E-state index < -0.39 is 16.1 Å². The van der Waals surface area contributed by atoms with Crippen LogP contribution in [0.4, 0.5) is 5.82 Å². The number of hydrogen-bond acceptors (Lipinski definition) is 5. The Morgan fingerprint density at radius 1 is 0.967 bits per heavy atom. The zero-order chi connectivity index (χ0) is 21.1. The van der Waals surface area contributed by atoms with Gasteiger partial charge in [0, 0.05) is 38.9 Å². The fourth-order valence-corrected chi connectivity index (χ4v) is 5.87. The lowest BCUT2D eigenvalue weighted by molar-refractivity contribution is -0.136. The maximum Gasteiger partial charge on any atom is 0.243 e. The summed E-state index contributed by atoms with van der Waals surface area (Å²) < 4.78 is 27.8. The Hall–Kier alpha value is -2.16. The highest BCUT2D eigenvalue weighted by Gasteiger charge is 2.40. The number of amides is 1. The normalized spacial score (nSPS) is 20.9. The second-order valence-corrected chi connectivity index (χ2v) is 9.91. The van der Waals surface area contributed by atoms with Crippen molar-refractivity contribution < 1.29 is 13.2 Å². The molecule has 0 saturated carbocycles. The minimum Gasteiger partial charge on any atom is -0.353 e. The van der Waals surface area contributed by atoms with E-state index in [1.165, 1.54) is 4.31 Å². The maximum atomic E-state index is 13.3. The first kappa shape index (κ1) is 21.1. The molecule has 1 aromatic carbocycles. The van der Waals surface area contributed by atoms with Crippen molar-refractivity contribution in [2.75, 3.05) is 37.6 Å². The van der Waals surface area contributed by atoms with Crippen LogP contribution in [0.1, 0.15) is 19.3 Å². The first-order valence-corrected chi connectivity index (χ1v) is 12.0. The molecule has 1 aromatic heterocycles. The maximum absolute atomic E-state index is 13.3. The second kappa shape index (κ2) is 8.91. The molecular weight excluding hydrogens is 424 g/mol. The van der Waals surface area contributed by atoms with Crippen molar-refractivity contribution in [3.05, 3.63) is 53.7 Å². The third kappa shape index (κ3) is 4.31. The summed E-state index contributed by atoms with van der Waals surface area (Å²) in [5.74, 6) is 0.732. The predicted octanol–water partition coefficient (Wildman–Crippen LogP) is 2.63. The second-order valence-electron chi connectivity index (χ2n) is 7.59. The van der Waals surface area contributed by atoms with Gasteiger partial charge in [-0.05, 0) is 37.1 Å². The molecule has 2 aliphatic rings. The number of benzene rings is 1. The number of rotatable bonds is 4. The fourth-order valence-electron chi connectivity index (χ4n) is 4.09. The van der Waals surface area contributed by atoms with Crippen molar-refractivity contribution in [2.24, 2.45) is 0 Å². The van der Waals surface area contributed by atoms with Gasteiger partial charge in [0.15, 0.2) is 0 Å². The fraction of sp³-hybridized carbons (Fsp3) is 0.429. The van der Waals surface area contributed by atoms with Crippen LogP contribution in [0.5, 0.6) is 0 Å². The molecule has 1 unspecified atom stereocenters. The number of anilines is 1. The molecule has 3 heterocycles. The molecular formula is C21H25ClN4O3S. The summed E-state index contributed by atoms with van der Waals surface area (Å²) in [7, 11) is -3.70. The zero-order valence-electron chi connectivity index (χ0n) is 16.7. The van der Waals surface area contributed by atoms with E-state index in [1.807, 2.05) is 6.07 Å². The van der Waals surface area contributed by atoms with Crippen LogP contribution in [-0.2, 0) is 14.8 Å². The molecule has 2 saturated heterocycles. The third-order valence-electron chi connectivity index (χ3n) is 5.72. The molecule has 1 amide bonds. The molecule has 1 atom stereocenters. The van der Waals surface area contributed by atoms with Crippen LogP contribution >= 0.6 is 11.6 Å². The number of carbonyl (C=O) groups excluding carboxylic acids is 1. The van der Waals surface area contributed by atoms with Crippen LogP contribution in [-0.4, -0.2) is 67.3 Å². The van der Waals surface area contributed by atoms with E-state index in [4.69, 9.17) is 11.6 Å². The number of pyridine rings is 1. The quantitative estimate of drug-likeness (QED) is 0.718. The first-order valence-electron chi connectivity index (χ1n) is 10.2. The predicted molar refractivity (Wildman–Crippen MR) is 116 cm³/mol. The largest absolute Gasteiger partial charge is 0.353 e. The van der Waals surface area contributed by atoms with E-state index in [9.17, 15) is 13.2 Å². The van der Waals surface area contributed by atoms with Gasteiger partial charge < -0.3 is 9.80 Å². The molecule has 9 heteroatoms. The van der Waals surface area contributed by atoms with Crippen LogP contribution in [0, 0.1) is 0 Å². The van der Waals surface area contributed by atoms with Crippen molar-refractivity contribution in [3.8, 4) is 0 Å². The van der Waals surface area contributed by atoms with Gasteiger partial charge in [-0.15, -0.1) is 0 Å². The molecule has 2 aromatic rings. The summed E-state index contributed by atoms with van der Waals surface area (Å²) in [6, 6.07) is 11.4. The van der Waals surface area contributed by atoms with Gasteiger partial charge in [0.25, 0.3) is 0 Å². The molecule has 0 radical (unpaired) electrons. The average Bonchev–Trinajstić information content (AvgIpc) is 2.80. The van der Waals surface area contributed by atoms with Crippen molar-refractivity contribution in [1.82, 2.24) is 14.2 Å². The number of sulfonamides is 1. The van der Waals surface area contributed by atoms with Crippen molar-refractivity contribution in [2.45, 2.75) is 30.2 Å². The van der Waals surface area contributed by atoms with Crippen LogP contribution in [0.2, 0.25) is 5.02 Å². The molecule has 2 fully saturated rings. The lowest BCUT2D eigenvalue weighted by Crippen LogP contribution is -2.57. The topological polar surface area (TPSA) is 73.8 Å². The van der Waals surface area contributed by atoms with Gasteiger partial charge in [0.1, 0.15) is 11.9 Å². The average molecular weight is 449 g/mol. The molecule has 0 N–H and O–H groups in total. The van der Waals surface area contributed by atoms with E-state index in [2.05, 4.69) is 9.88 Å². The molecule has 0 aliphatic carbocycles. The Kier molecular flexibility index (Phi) is 6.26. The summed E-state index contributed by atoms with van der Waals surface area (Å²) in [4.78, 5) is 21.8. The molecule has 0 bridgehead atoms. The molecule has 7 nitrogen and oxygen atoms in total. The number of piperidine rings is 1. The Bertz CT molecular complexity index is 977. The van der Waals surface area contributed by atoms with E-state index in [-0.39, 0.29) is 10.8 Å². The smallest absolute Gasteiger partial charge is 0.243 e. The van der Waals surface area contributed by atoms with Crippen LogP contribution < -0.4 is 4.90 Å². The van der Waals surface area contributed by atoms with Gasteiger partial charge in [-0.25, -0.2) is 13.4 Å². The lowest BCUT2D eigenvalue weighted by Gasteiger charge is -2.40. The summed E-state index contributed by atoms with van der Waals surface area (Å²) >= 11 is 5.91. The van der Waals surface area contributed by atoms with Gasteiger partial charge in [0.05, 0.1) is 9.92 Å². The Balaban J connectivity index is 1.46. The standard InChI is InChI=1S/C21H25ClN4O3S/c22-17-9-10-20(23-16-17)24-12-14-25(15-13-24)21(27)19-8-4-5-11-26(19)30(28,29)18-6-2-1-3-7-18/h1-3,6-7,9-10,16,19H,4-5,8,11-15H2. The summed E-state index contributed by atoms with van der Waals surface area (Å²) in [6.45, 7) is 2.76. The van der Waals surface area contributed by atoms with Crippen molar-refractivity contribution >= 4 is 33.3 Å². The van der Waals surface area contributed by atoms with E-state index in [0.29, 0.717) is 44.2 Å². The van der Waals surface area contributed by atoms with Gasteiger partial charge in [-0.2, -0.15) is 4.31 Å². The summed E-state index contributed by atoms with van der Waals surface area (Å²) in [5.41, 5.74) is 0. The zero-order valence-corrected chi connectivity index (χ0v) is 18.2. The van der Waals surface area contributed by atoms with Crippen LogP contribution in [0.3, 0.4) is 0 Å². The Morgan fingerprint density at radius 3 is 2.37 bits per heavy atom. The number of nitrogens with zero attached hydrogens (tertiary/aromatic N) is 4. The highest BCUT2D eigenvalue weighted by molar-refractivity contribution is 7.89. The minimum absolute atomic E-state index is 0.0991. The monoisotopic (exact) mass is 448 g/mol.